The molecule has 0 atom stereocenters. The van der Waals surface area contributed by atoms with Gasteiger partial charge < -0.3 is 20.1 Å². The highest BCUT2D eigenvalue weighted by Crippen LogP contribution is 2.32. The molecule has 0 aliphatic heterocycles. The fourth-order valence-corrected chi connectivity index (χ4v) is 2.48. The molecule has 0 unspecified atom stereocenters. The lowest BCUT2D eigenvalue weighted by molar-refractivity contribution is 0.0949. The van der Waals surface area contributed by atoms with E-state index in [1.165, 1.54) is 11.3 Å². The van der Waals surface area contributed by atoms with Crippen molar-refractivity contribution < 1.29 is 14.3 Å². The number of hydrogen-bond acceptors (Lipinski definition) is 6. The zero-order valence-corrected chi connectivity index (χ0v) is 13.6. The molecule has 0 aliphatic rings. The molecule has 22 heavy (non-hydrogen) atoms. The van der Waals surface area contributed by atoms with Gasteiger partial charge in [-0.15, -0.1) is 11.3 Å². The van der Waals surface area contributed by atoms with E-state index in [2.05, 4.69) is 15.6 Å². The van der Waals surface area contributed by atoms with E-state index in [1.54, 1.807) is 25.7 Å². The van der Waals surface area contributed by atoms with Gasteiger partial charge in [0.1, 0.15) is 17.2 Å². The van der Waals surface area contributed by atoms with Crippen molar-refractivity contribution in [3.63, 3.8) is 0 Å². The molecular formula is C15H19N3O3S. The van der Waals surface area contributed by atoms with Crippen LogP contribution in [0, 0.1) is 0 Å². The van der Waals surface area contributed by atoms with Crippen molar-refractivity contribution in [1.82, 2.24) is 10.3 Å². The molecule has 0 bridgehead atoms. The first kappa shape index (κ1) is 16.1. The lowest BCUT2D eigenvalue weighted by Crippen LogP contribution is -2.24. The Hall–Kier alpha value is -2.28. The predicted molar refractivity (Wildman–Crippen MR) is 87.6 cm³/mol. The number of ether oxygens (including phenoxy) is 2. The molecule has 1 aromatic heterocycles. The maximum absolute atomic E-state index is 11.8. The van der Waals surface area contributed by atoms with E-state index in [1.807, 2.05) is 19.1 Å². The first-order valence-corrected chi connectivity index (χ1v) is 7.78. The van der Waals surface area contributed by atoms with E-state index in [-0.39, 0.29) is 5.91 Å². The van der Waals surface area contributed by atoms with Gasteiger partial charge in [0, 0.05) is 18.0 Å². The van der Waals surface area contributed by atoms with Crippen molar-refractivity contribution in [2.75, 3.05) is 26.1 Å². The Labute approximate surface area is 133 Å². The van der Waals surface area contributed by atoms with Crippen LogP contribution in [-0.2, 0) is 0 Å². The molecule has 1 heterocycles. The van der Waals surface area contributed by atoms with Crippen LogP contribution in [0.2, 0.25) is 0 Å². The summed E-state index contributed by atoms with van der Waals surface area (Å²) < 4.78 is 10.5. The highest BCUT2D eigenvalue weighted by Gasteiger charge is 2.12. The first-order valence-electron chi connectivity index (χ1n) is 6.90. The summed E-state index contributed by atoms with van der Waals surface area (Å²) in [5.74, 6) is 1.19. The number of aromatic nitrogens is 1. The number of anilines is 2. The van der Waals surface area contributed by atoms with Crippen molar-refractivity contribution in [2.45, 2.75) is 13.3 Å². The lowest BCUT2D eigenvalue weighted by atomic mass is 10.3. The maximum Gasteiger partial charge on any atom is 0.270 e. The summed E-state index contributed by atoms with van der Waals surface area (Å²) in [6, 6.07) is 5.45. The van der Waals surface area contributed by atoms with Crippen LogP contribution in [0.5, 0.6) is 11.5 Å². The number of amides is 1. The van der Waals surface area contributed by atoms with Gasteiger partial charge in [-0.1, -0.05) is 6.92 Å². The molecule has 118 valence electrons. The zero-order valence-electron chi connectivity index (χ0n) is 12.8. The molecule has 2 aromatic rings. The standard InChI is InChI=1S/C15H19N3O3S/c1-4-7-16-14(19)12-9-22-15(18-12)17-11-6-5-10(20-2)8-13(11)21-3/h5-6,8-9H,4,7H2,1-3H3,(H,16,19)(H,17,18). The van der Waals surface area contributed by atoms with E-state index in [0.29, 0.717) is 28.9 Å². The number of benzene rings is 1. The second-order valence-electron chi connectivity index (χ2n) is 4.49. The third kappa shape index (κ3) is 3.88. The molecule has 1 aromatic carbocycles. The maximum atomic E-state index is 11.8. The zero-order chi connectivity index (χ0) is 15.9. The Balaban J connectivity index is 2.11. The van der Waals surface area contributed by atoms with Crippen LogP contribution in [0.15, 0.2) is 23.6 Å². The van der Waals surface area contributed by atoms with Crippen LogP contribution < -0.4 is 20.1 Å². The second-order valence-corrected chi connectivity index (χ2v) is 5.34. The molecule has 0 saturated carbocycles. The molecule has 0 fully saturated rings. The van der Waals surface area contributed by atoms with Gasteiger partial charge in [0.15, 0.2) is 5.13 Å². The highest BCUT2D eigenvalue weighted by molar-refractivity contribution is 7.14. The van der Waals surface area contributed by atoms with Gasteiger partial charge in [0.05, 0.1) is 19.9 Å². The van der Waals surface area contributed by atoms with Crippen molar-refractivity contribution >= 4 is 28.1 Å². The van der Waals surface area contributed by atoms with Gasteiger partial charge in [0.2, 0.25) is 0 Å². The van der Waals surface area contributed by atoms with E-state index in [9.17, 15) is 4.79 Å². The van der Waals surface area contributed by atoms with Crippen LogP contribution >= 0.6 is 11.3 Å². The van der Waals surface area contributed by atoms with E-state index >= 15 is 0 Å². The minimum Gasteiger partial charge on any atom is -0.497 e. The Morgan fingerprint density at radius 2 is 2.14 bits per heavy atom. The summed E-state index contributed by atoms with van der Waals surface area (Å²) in [7, 11) is 3.19. The quantitative estimate of drug-likeness (QED) is 0.820. The highest BCUT2D eigenvalue weighted by atomic mass is 32.1. The number of carbonyl (C=O) groups excluding carboxylic acids is 1. The summed E-state index contributed by atoms with van der Waals surface area (Å²) >= 11 is 1.37. The van der Waals surface area contributed by atoms with Crippen molar-refractivity contribution in [3.05, 3.63) is 29.3 Å². The van der Waals surface area contributed by atoms with Crippen molar-refractivity contribution in [1.29, 1.82) is 0 Å². The molecule has 0 spiro atoms. The Morgan fingerprint density at radius 3 is 2.82 bits per heavy atom. The largest absolute Gasteiger partial charge is 0.497 e. The normalized spacial score (nSPS) is 10.1. The summed E-state index contributed by atoms with van der Waals surface area (Å²) in [6.07, 6.45) is 0.893. The van der Waals surface area contributed by atoms with Crippen molar-refractivity contribution in [3.8, 4) is 11.5 Å². The first-order chi connectivity index (χ1) is 10.7. The summed E-state index contributed by atoms with van der Waals surface area (Å²) in [5.41, 5.74) is 1.17. The van der Waals surface area contributed by atoms with Gasteiger partial charge in [0.25, 0.3) is 5.91 Å². The minimum atomic E-state index is -0.159. The summed E-state index contributed by atoms with van der Waals surface area (Å²) in [6.45, 7) is 2.65. The lowest BCUT2D eigenvalue weighted by Gasteiger charge is -2.10. The smallest absolute Gasteiger partial charge is 0.270 e. The number of nitrogens with zero attached hydrogens (tertiary/aromatic N) is 1. The van der Waals surface area contributed by atoms with Gasteiger partial charge in [-0.05, 0) is 18.6 Å². The van der Waals surface area contributed by atoms with Gasteiger partial charge >= 0.3 is 0 Å². The number of rotatable bonds is 7. The number of hydrogen-bond donors (Lipinski definition) is 2. The molecule has 2 N–H and O–H groups in total. The summed E-state index contributed by atoms with van der Waals surface area (Å²) in [5, 5.41) is 8.31. The van der Waals surface area contributed by atoms with Crippen LogP contribution in [0.3, 0.4) is 0 Å². The molecule has 6 nitrogen and oxygen atoms in total. The molecule has 0 aliphatic carbocycles. The third-order valence-corrected chi connectivity index (χ3v) is 3.68. The van der Waals surface area contributed by atoms with E-state index in [0.717, 1.165) is 12.1 Å². The van der Waals surface area contributed by atoms with E-state index in [4.69, 9.17) is 9.47 Å². The number of nitrogens with one attached hydrogen (secondary N) is 2. The van der Waals surface area contributed by atoms with Gasteiger partial charge in [-0.25, -0.2) is 4.98 Å². The molecular weight excluding hydrogens is 302 g/mol. The minimum absolute atomic E-state index is 0.159. The third-order valence-electron chi connectivity index (χ3n) is 2.92. The number of thiazole rings is 1. The Bertz CT molecular complexity index is 643. The Kier molecular flexibility index (Phi) is 5.60. The number of methoxy groups -OCH3 is 2. The fraction of sp³-hybridized carbons (Fsp3) is 0.333. The average molecular weight is 321 g/mol. The second kappa shape index (κ2) is 7.65. The van der Waals surface area contributed by atoms with Crippen LogP contribution in [0.25, 0.3) is 0 Å². The fourth-order valence-electron chi connectivity index (χ4n) is 1.78. The Morgan fingerprint density at radius 1 is 1.32 bits per heavy atom. The predicted octanol–water partition coefficient (Wildman–Crippen LogP) is 3.04. The molecule has 0 saturated heterocycles. The van der Waals surface area contributed by atoms with E-state index < -0.39 is 0 Å². The van der Waals surface area contributed by atoms with Gasteiger partial charge in [-0.3, -0.25) is 4.79 Å². The number of carbonyl (C=O) groups is 1. The monoisotopic (exact) mass is 321 g/mol. The molecule has 2 rings (SSSR count). The van der Waals surface area contributed by atoms with Gasteiger partial charge in [-0.2, -0.15) is 0 Å². The molecule has 7 heteroatoms. The van der Waals surface area contributed by atoms with Crippen LogP contribution in [0.1, 0.15) is 23.8 Å². The SMILES string of the molecule is CCCNC(=O)c1csc(Nc2ccc(OC)cc2OC)n1. The summed E-state index contributed by atoms with van der Waals surface area (Å²) in [4.78, 5) is 16.1. The van der Waals surface area contributed by atoms with Crippen LogP contribution in [-0.4, -0.2) is 31.7 Å². The molecule has 1 amide bonds. The topological polar surface area (TPSA) is 72.5 Å². The average Bonchev–Trinajstić information content (AvgIpc) is 3.01. The van der Waals surface area contributed by atoms with Crippen molar-refractivity contribution in [2.24, 2.45) is 0 Å². The van der Waals surface area contributed by atoms with Crippen LogP contribution in [0.4, 0.5) is 10.8 Å². The molecule has 0 radical (unpaired) electrons.